The van der Waals surface area contributed by atoms with Crippen LogP contribution in [0.2, 0.25) is 0 Å². The Kier molecular flexibility index (Phi) is 3.22. The summed E-state index contributed by atoms with van der Waals surface area (Å²) in [6.45, 7) is 5.30. The number of carboxylic acid groups (broad SMARTS) is 1. The molecule has 1 heterocycles. The number of rotatable bonds is 2. The quantitative estimate of drug-likeness (QED) is 0.848. The summed E-state index contributed by atoms with van der Waals surface area (Å²) in [6.07, 6.45) is 3.56. The maximum Gasteiger partial charge on any atom is 0.335 e. The van der Waals surface area contributed by atoms with E-state index in [2.05, 4.69) is 34.7 Å². The van der Waals surface area contributed by atoms with Crippen molar-refractivity contribution in [1.29, 1.82) is 0 Å². The van der Waals surface area contributed by atoms with E-state index in [-0.39, 0.29) is 6.04 Å². The molecular weight excluding hydrogens is 270 g/mol. The van der Waals surface area contributed by atoms with E-state index in [1.807, 2.05) is 0 Å². The molecule has 1 aliphatic carbocycles. The highest BCUT2D eigenvalue weighted by Gasteiger charge is 2.36. The Bertz CT molecular complexity index is 384. The van der Waals surface area contributed by atoms with Gasteiger partial charge >= 0.3 is 5.97 Å². The number of carbonyl (C=O) groups is 1. The molecule has 0 bridgehead atoms. The van der Waals surface area contributed by atoms with Gasteiger partial charge in [-0.15, -0.1) is 0 Å². The maximum absolute atomic E-state index is 11.2. The first-order chi connectivity index (χ1) is 7.50. The number of halogens is 1. The van der Waals surface area contributed by atoms with Crippen molar-refractivity contribution in [1.82, 2.24) is 4.90 Å². The van der Waals surface area contributed by atoms with Crippen molar-refractivity contribution in [2.45, 2.75) is 38.8 Å². The van der Waals surface area contributed by atoms with Gasteiger partial charge in [-0.3, -0.25) is 4.90 Å². The van der Waals surface area contributed by atoms with Gasteiger partial charge in [-0.05, 0) is 42.8 Å². The topological polar surface area (TPSA) is 40.5 Å². The van der Waals surface area contributed by atoms with Crippen LogP contribution in [0.3, 0.4) is 0 Å². The van der Waals surface area contributed by atoms with Gasteiger partial charge in [0.15, 0.2) is 0 Å². The molecule has 2 aliphatic rings. The minimum Gasteiger partial charge on any atom is -0.478 e. The van der Waals surface area contributed by atoms with Crippen molar-refractivity contribution in [2.24, 2.45) is 0 Å². The van der Waals surface area contributed by atoms with E-state index in [0.717, 1.165) is 29.4 Å². The predicted octanol–water partition coefficient (Wildman–Crippen LogP) is 2.53. The Morgan fingerprint density at radius 2 is 2.31 bits per heavy atom. The molecule has 1 fully saturated rings. The number of hydrogen-bond donors (Lipinski definition) is 1. The van der Waals surface area contributed by atoms with Crippen molar-refractivity contribution < 1.29 is 9.90 Å². The molecule has 0 aromatic rings. The molecule has 1 N–H and O–H groups in total. The Hall–Kier alpha value is -0.610. The van der Waals surface area contributed by atoms with E-state index in [1.165, 1.54) is 0 Å². The molecule has 0 radical (unpaired) electrons. The van der Waals surface area contributed by atoms with E-state index in [0.29, 0.717) is 11.6 Å². The van der Waals surface area contributed by atoms with Crippen LogP contribution in [0.15, 0.2) is 21.7 Å². The summed E-state index contributed by atoms with van der Waals surface area (Å²) < 4.78 is 0.992. The van der Waals surface area contributed by atoms with Crippen molar-refractivity contribution in [3.8, 4) is 0 Å². The van der Waals surface area contributed by atoms with Gasteiger partial charge in [0, 0.05) is 18.6 Å². The largest absolute Gasteiger partial charge is 0.478 e. The molecule has 88 valence electrons. The van der Waals surface area contributed by atoms with Gasteiger partial charge in [0.05, 0.1) is 5.57 Å². The first-order valence-electron chi connectivity index (χ1n) is 5.59. The Morgan fingerprint density at radius 1 is 1.62 bits per heavy atom. The normalized spacial score (nSPS) is 26.0. The fourth-order valence-electron chi connectivity index (χ4n) is 2.64. The van der Waals surface area contributed by atoms with Crippen LogP contribution in [0.5, 0.6) is 0 Å². The second kappa shape index (κ2) is 4.34. The molecule has 0 spiro atoms. The van der Waals surface area contributed by atoms with Gasteiger partial charge in [-0.2, -0.15) is 0 Å². The summed E-state index contributed by atoms with van der Waals surface area (Å²) >= 11 is 3.45. The zero-order valence-electron chi connectivity index (χ0n) is 9.53. The van der Waals surface area contributed by atoms with Crippen molar-refractivity contribution in [3.63, 3.8) is 0 Å². The molecule has 0 aromatic heterocycles. The third kappa shape index (κ3) is 1.96. The Labute approximate surface area is 104 Å². The molecule has 0 aromatic carbocycles. The van der Waals surface area contributed by atoms with Gasteiger partial charge in [0.1, 0.15) is 0 Å². The fourth-order valence-corrected chi connectivity index (χ4v) is 3.17. The standard InChI is InChI=1S/C12H16BrNO2/c1-7(2)14-4-3-9-10(12(15)16)5-8(13)6-11(9)14/h5,7,11H,3-4,6H2,1-2H3,(H,15,16). The lowest BCUT2D eigenvalue weighted by molar-refractivity contribution is -0.132. The van der Waals surface area contributed by atoms with E-state index in [1.54, 1.807) is 6.08 Å². The van der Waals surface area contributed by atoms with Gasteiger partial charge in [-0.1, -0.05) is 15.9 Å². The van der Waals surface area contributed by atoms with Gasteiger partial charge < -0.3 is 5.11 Å². The number of nitrogens with zero attached hydrogens (tertiary/aromatic N) is 1. The van der Waals surface area contributed by atoms with Crippen LogP contribution in [0, 0.1) is 0 Å². The number of hydrogen-bond acceptors (Lipinski definition) is 2. The zero-order chi connectivity index (χ0) is 11.9. The molecular formula is C12H16BrNO2. The average Bonchev–Trinajstić information content (AvgIpc) is 2.59. The molecule has 3 nitrogen and oxygen atoms in total. The lowest BCUT2D eigenvalue weighted by atomic mass is 9.93. The first-order valence-corrected chi connectivity index (χ1v) is 6.38. The monoisotopic (exact) mass is 285 g/mol. The van der Waals surface area contributed by atoms with Crippen LogP contribution in [0.25, 0.3) is 0 Å². The Balaban J connectivity index is 2.37. The maximum atomic E-state index is 11.2. The molecule has 0 saturated carbocycles. The number of likely N-dealkylation sites (tertiary alicyclic amines) is 1. The van der Waals surface area contributed by atoms with Crippen LogP contribution in [0.4, 0.5) is 0 Å². The van der Waals surface area contributed by atoms with E-state index >= 15 is 0 Å². The average molecular weight is 286 g/mol. The summed E-state index contributed by atoms with van der Waals surface area (Å²) in [5, 5.41) is 9.19. The van der Waals surface area contributed by atoms with E-state index in [4.69, 9.17) is 0 Å². The number of aliphatic carboxylic acids is 1. The van der Waals surface area contributed by atoms with Gasteiger partial charge in [-0.25, -0.2) is 4.79 Å². The highest BCUT2D eigenvalue weighted by atomic mass is 79.9. The minimum absolute atomic E-state index is 0.283. The van der Waals surface area contributed by atoms with E-state index in [9.17, 15) is 9.90 Å². The van der Waals surface area contributed by atoms with Crippen LogP contribution in [0.1, 0.15) is 26.7 Å². The lowest BCUT2D eigenvalue weighted by Crippen LogP contribution is -2.37. The molecule has 4 heteroatoms. The SMILES string of the molecule is CC(C)N1CCC2=C(C(=O)O)C=C(Br)CC21. The molecule has 2 rings (SSSR count). The van der Waals surface area contributed by atoms with Crippen molar-refractivity contribution in [3.05, 3.63) is 21.7 Å². The van der Waals surface area contributed by atoms with Crippen LogP contribution < -0.4 is 0 Å². The van der Waals surface area contributed by atoms with Gasteiger partial charge in [0.25, 0.3) is 0 Å². The third-order valence-electron chi connectivity index (χ3n) is 3.37. The molecule has 1 unspecified atom stereocenters. The fraction of sp³-hybridized carbons (Fsp3) is 0.583. The van der Waals surface area contributed by atoms with Crippen LogP contribution >= 0.6 is 15.9 Å². The zero-order valence-corrected chi connectivity index (χ0v) is 11.1. The highest BCUT2D eigenvalue weighted by Crippen LogP contribution is 2.38. The Morgan fingerprint density at radius 3 is 2.88 bits per heavy atom. The molecule has 1 aliphatic heterocycles. The number of carboxylic acids is 1. The molecule has 16 heavy (non-hydrogen) atoms. The first kappa shape index (κ1) is 11.9. The summed E-state index contributed by atoms with van der Waals surface area (Å²) in [5.74, 6) is -0.803. The molecule has 1 atom stereocenters. The second-order valence-corrected chi connectivity index (χ2v) is 5.66. The minimum atomic E-state index is -0.803. The lowest BCUT2D eigenvalue weighted by Gasteiger charge is -2.30. The molecule has 1 saturated heterocycles. The van der Waals surface area contributed by atoms with Crippen molar-refractivity contribution in [2.75, 3.05) is 6.54 Å². The smallest absolute Gasteiger partial charge is 0.335 e. The van der Waals surface area contributed by atoms with Gasteiger partial charge in [0.2, 0.25) is 0 Å². The van der Waals surface area contributed by atoms with E-state index < -0.39 is 5.97 Å². The van der Waals surface area contributed by atoms with Crippen LogP contribution in [-0.2, 0) is 4.79 Å². The summed E-state index contributed by atoms with van der Waals surface area (Å²) in [4.78, 5) is 13.6. The molecule has 0 amide bonds. The number of fused-ring (bicyclic) bond motifs is 1. The van der Waals surface area contributed by atoms with Crippen molar-refractivity contribution >= 4 is 21.9 Å². The predicted molar refractivity (Wildman–Crippen MR) is 66.5 cm³/mol. The summed E-state index contributed by atoms with van der Waals surface area (Å²) in [5.41, 5.74) is 1.59. The summed E-state index contributed by atoms with van der Waals surface area (Å²) in [6, 6.07) is 0.751. The highest BCUT2D eigenvalue weighted by molar-refractivity contribution is 9.11. The third-order valence-corrected chi connectivity index (χ3v) is 3.92. The summed E-state index contributed by atoms with van der Waals surface area (Å²) in [7, 11) is 0. The second-order valence-electron chi connectivity index (χ2n) is 4.64. The van der Waals surface area contributed by atoms with Crippen LogP contribution in [-0.4, -0.2) is 34.6 Å².